The molecule has 202 valence electrons. The molecule has 0 radical (unpaired) electrons. The van der Waals surface area contributed by atoms with E-state index >= 15 is 0 Å². The lowest BCUT2D eigenvalue weighted by Gasteiger charge is -2.35. The molecule has 3 N–H and O–H groups in total. The number of rotatable bonds is 7. The Morgan fingerprint density at radius 2 is 1.77 bits per heavy atom. The van der Waals surface area contributed by atoms with Crippen molar-refractivity contribution in [1.29, 1.82) is 0 Å². The molecule has 39 heavy (non-hydrogen) atoms. The zero-order chi connectivity index (χ0) is 26.6. The Balaban J connectivity index is 0.974. The van der Waals surface area contributed by atoms with Gasteiger partial charge in [-0.1, -0.05) is 17.7 Å². The maximum atomic E-state index is 12.8. The molecule has 9 nitrogen and oxygen atoms in total. The van der Waals surface area contributed by atoms with Crippen LogP contribution < -0.4 is 15.5 Å². The summed E-state index contributed by atoms with van der Waals surface area (Å²) in [6.07, 6.45) is 9.38. The van der Waals surface area contributed by atoms with E-state index in [1.54, 1.807) is 6.20 Å². The van der Waals surface area contributed by atoms with Gasteiger partial charge < -0.3 is 20.5 Å². The minimum atomic E-state index is 0.118. The van der Waals surface area contributed by atoms with Crippen LogP contribution in [0.1, 0.15) is 25.7 Å². The molecule has 0 atom stereocenters. The molecule has 4 aromatic rings. The number of hydrogen-bond donors (Lipinski definition) is 3. The van der Waals surface area contributed by atoms with Crippen molar-refractivity contribution in [2.75, 3.05) is 42.9 Å². The second kappa shape index (κ2) is 11.6. The van der Waals surface area contributed by atoms with Crippen molar-refractivity contribution in [3.8, 4) is 11.1 Å². The number of amides is 1. The third kappa shape index (κ3) is 6.15. The first-order valence-corrected chi connectivity index (χ1v) is 14.0. The summed E-state index contributed by atoms with van der Waals surface area (Å²) in [5.74, 6) is 1.89. The first-order valence-electron chi connectivity index (χ1n) is 13.6. The molecule has 1 aliphatic heterocycles. The number of aromatic nitrogens is 4. The number of carbonyl (C=O) groups excluding carboxylic acids is 1. The SMILES string of the molecule is O=C(CN1CCN(c2ccccn2)CC1)N[C@H]1CC[C@H](Nc2cc(-c3c[nH]c4ncccc34)cc(Cl)n2)CC1. The maximum Gasteiger partial charge on any atom is 0.234 e. The van der Waals surface area contributed by atoms with Crippen molar-refractivity contribution in [2.24, 2.45) is 0 Å². The summed E-state index contributed by atoms with van der Waals surface area (Å²) in [6, 6.07) is 14.4. The average Bonchev–Trinajstić information content (AvgIpc) is 3.39. The summed E-state index contributed by atoms with van der Waals surface area (Å²) in [6.45, 7) is 3.95. The second-order valence-corrected chi connectivity index (χ2v) is 10.8. The number of aromatic amines is 1. The quantitative estimate of drug-likeness (QED) is 0.297. The van der Waals surface area contributed by atoms with Gasteiger partial charge in [-0.3, -0.25) is 9.69 Å². The molecule has 1 saturated carbocycles. The Morgan fingerprint density at radius 1 is 0.974 bits per heavy atom. The van der Waals surface area contributed by atoms with E-state index in [9.17, 15) is 4.79 Å². The van der Waals surface area contributed by atoms with Gasteiger partial charge in [0, 0.05) is 67.8 Å². The molecule has 10 heteroatoms. The Hall–Kier alpha value is -3.69. The number of pyridine rings is 3. The predicted octanol–water partition coefficient (Wildman–Crippen LogP) is 4.33. The maximum absolute atomic E-state index is 12.8. The first-order chi connectivity index (χ1) is 19.1. The van der Waals surface area contributed by atoms with Crippen LogP contribution in [0.4, 0.5) is 11.6 Å². The monoisotopic (exact) mass is 544 g/mol. The minimum Gasteiger partial charge on any atom is -0.367 e. The van der Waals surface area contributed by atoms with E-state index in [1.165, 1.54) is 0 Å². The number of piperazine rings is 1. The molecule has 0 unspecified atom stereocenters. The van der Waals surface area contributed by atoms with E-state index in [0.717, 1.165) is 85.7 Å². The van der Waals surface area contributed by atoms with Gasteiger partial charge in [-0.25, -0.2) is 15.0 Å². The number of anilines is 2. The third-order valence-electron chi connectivity index (χ3n) is 7.71. The molecule has 5 heterocycles. The van der Waals surface area contributed by atoms with Crippen LogP contribution in [0.5, 0.6) is 0 Å². The van der Waals surface area contributed by atoms with Gasteiger partial charge in [-0.2, -0.15) is 0 Å². The highest BCUT2D eigenvalue weighted by Crippen LogP contribution is 2.31. The number of H-pyrrole nitrogens is 1. The average molecular weight is 545 g/mol. The van der Waals surface area contributed by atoms with Crippen molar-refractivity contribution < 1.29 is 4.79 Å². The van der Waals surface area contributed by atoms with Gasteiger partial charge in [0.05, 0.1) is 6.54 Å². The van der Waals surface area contributed by atoms with Gasteiger partial charge in [0.15, 0.2) is 0 Å². The largest absolute Gasteiger partial charge is 0.367 e. The van der Waals surface area contributed by atoms with E-state index in [4.69, 9.17) is 11.6 Å². The van der Waals surface area contributed by atoms with E-state index < -0.39 is 0 Å². The minimum absolute atomic E-state index is 0.118. The van der Waals surface area contributed by atoms with Crippen LogP contribution in [0.3, 0.4) is 0 Å². The molecule has 1 aliphatic carbocycles. The molecular formula is C29H33ClN8O. The van der Waals surface area contributed by atoms with E-state index in [2.05, 4.69) is 40.4 Å². The number of nitrogens with zero attached hydrogens (tertiary/aromatic N) is 5. The Morgan fingerprint density at radius 3 is 2.56 bits per heavy atom. The van der Waals surface area contributed by atoms with Crippen LogP contribution in [0.2, 0.25) is 5.15 Å². The smallest absolute Gasteiger partial charge is 0.234 e. The number of fused-ring (bicyclic) bond motifs is 1. The molecule has 1 amide bonds. The van der Waals surface area contributed by atoms with Crippen LogP contribution in [0.15, 0.2) is 61.1 Å². The van der Waals surface area contributed by atoms with Crippen LogP contribution in [0, 0.1) is 0 Å². The van der Waals surface area contributed by atoms with Crippen LogP contribution in [-0.2, 0) is 4.79 Å². The zero-order valence-corrected chi connectivity index (χ0v) is 22.6. The summed E-state index contributed by atoms with van der Waals surface area (Å²) in [5, 5.41) is 8.35. The lowest BCUT2D eigenvalue weighted by Crippen LogP contribution is -2.51. The number of carbonyl (C=O) groups is 1. The lowest BCUT2D eigenvalue weighted by molar-refractivity contribution is -0.123. The van der Waals surface area contributed by atoms with Gasteiger partial charge in [-0.05, 0) is 67.6 Å². The molecule has 4 aromatic heterocycles. The van der Waals surface area contributed by atoms with Crippen molar-refractivity contribution >= 4 is 40.2 Å². The lowest BCUT2D eigenvalue weighted by atomic mass is 9.91. The Bertz CT molecular complexity index is 1410. The zero-order valence-electron chi connectivity index (χ0n) is 21.8. The summed E-state index contributed by atoms with van der Waals surface area (Å²) < 4.78 is 0. The molecule has 1 saturated heterocycles. The topological polar surface area (TPSA) is 102 Å². The van der Waals surface area contributed by atoms with Crippen molar-refractivity contribution in [3.63, 3.8) is 0 Å². The van der Waals surface area contributed by atoms with Crippen molar-refractivity contribution in [1.82, 2.24) is 30.2 Å². The predicted molar refractivity (Wildman–Crippen MR) is 155 cm³/mol. The van der Waals surface area contributed by atoms with Gasteiger partial charge in [-0.15, -0.1) is 0 Å². The van der Waals surface area contributed by atoms with Crippen molar-refractivity contribution in [2.45, 2.75) is 37.8 Å². The molecule has 0 aromatic carbocycles. The molecule has 2 aliphatic rings. The van der Waals surface area contributed by atoms with Gasteiger partial charge in [0.2, 0.25) is 5.91 Å². The fourth-order valence-electron chi connectivity index (χ4n) is 5.66. The third-order valence-corrected chi connectivity index (χ3v) is 7.91. The highest BCUT2D eigenvalue weighted by atomic mass is 35.5. The van der Waals surface area contributed by atoms with Crippen LogP contribution in [0.25, 0.3) is 22.2 Å². The molecule has 0 spiro atoms. The fourth-order valence-corrected chi connectivity index (χ4v) is 5.87. The van der Waals surface area contributed by atoms with Gasteiger partial charge in [0.25, 0.3) is 0 Å². The molecule has 2 fully saturated rings. The standard InChI is InChI=1S/C29H33ClN8O/c30-25-16-20(24-18-33-29-23(24)4-3-11-32-29)17-26(36-25)34-21-6-8-22(9-7-21)35-28(39)19-37-12-14-38(15-13-37)27-5-1-2-10-31-27/h1-5,10-11,16-18,21-22H,6-9,12-15,19H2,(H,32,33)(H,34,36)(H,35,39)/t21-,22-. The normalized spacial score (nSPS) is 20.2. The van der Waals surface area contributed by atoms with Crippen LogP contribution in [-0.4, -0.2) is 75.6 Å². The Kier molecular flexibility index (Phi) is 7.60. The summed E-state index contributed by atoms with van der Waals surface area (Å²) >= 11 is 6.40. The Labute approximate surface area is 233 Å². The molecular weight excluding hydrogens is 512 g/mol. The van der Waals surface area contributed by atoms with Gasteiger partial charge in [0.1, 0.15) is 22.4 Å². The number of hydrogen-bond acceptors (Lipinski definition) is 7. The second-order valence-electron chi connectivity index (χ2n) is 10.4. The summed E-state index contributed by atoms with van der Waals surface area (Å²) in [4.78, 5) is 33.8. The fraction of sp³-hybridized carbons (Fsp3) is 0.379. The molecule has 0 bridgehead atoms. The summed E-state index contributed by atoms with van der Waals surface area (Å²) in [5.41, 5.74) is 2.90. The number of halogens is 1. The van der Waals surface area contributed by atoms with Crippen LogP contribution >= 0.6 is 11.6 Å². The highest BCUT2D eigenvalue weighted by Gasteiger charge is 2.25. The molecule has 6 rings (SSSR count). The number of nitrogens with one attached hydrogen (secondary N) is 3. The van der Waals surface area contributed by atoms with E-state index in [-0.39, 0.29) is 11.9 Å². The van der Waals surface area contributed by atoms with Crippen molar-refractivity contribution in [3.05, 3.63) is 66.2 Å². The van der Waals surface area contributed by atoms with Gasteiger partial charge >= 0.3 is 0 Å². The highest BCUT2D eigenvalue weighted by molar-refractivity contribution is 6.29. The first kappa shape index (κ1) is 25.6. The van der Waals surface area contributed by atoms with E-state index in [0.29, 0.717) is 17.7 Å². The summed E-state index contributed by atoms with van der Waals surface area (Å²) in [7, 11) is 0. The van der Waals surface area contributed by atoms with E-state index in [1.807, 2.05) is 54.9 Å².